The number of hydrogen-bond donors (Lipinski definition) is 4. The van der Waals surface area contributed by atoms with Gasteiger partial charge in [0.25, 0.3) is 17.7 Å². The second-order valence-corrected chi connectivity index (χ2v) is 20.0. The van der Waals surface area contributed by atoms with Crippen LogP contribution in [0.1, 0.15) is 66.7 Å². The molecule has 4 heterocycles. The van der Waals surface area contributed by atoms with Crippen molar-refractivity contribution in [1.82, 2.24) is 50.5 Å². The largest absolute Gasteiger partial charge is 0.379 e. The fraction of sp³-hybridized carbons (Fsp3) is 0.738. The zero-order valence-corrected chi connectivity index (χ0v) is 41.6. The maximum Gasteiger partial charge on any atom is 0.256 e. The van der Waals surface area contributed by atoms with E-state index in [1.165, 1.54) is 19.3 Å². The molecule has 0 aromatic rings. The molecule has 1 unspecified atom stereocenters. The molecule has 0 radical (unpaired) electrons. The normalized spacial score (nSPS) is 21.0. The molecule has 65 heavy (non-hydrogen) atoms. The van der Waals surface area contributed by atoms with E-state index in [1.54, 1.807) is 42.1 Å². The highest BCUT2D eigenvalue weighted by Crippen LogP contribution is 2.30. The predicted molar refractivity (Wildman–Crippen MR) is 247 cm³/mol. The standard InChI is InChI=1S/C42H72N11O10PS/c1-11-27(4)37(50(8)41(59)36(26(2)3)44-42-48(6)19-20-49(42)7)32(62-9)22-35(56)52-18-12-14-31(52)38(63-10)28(5)39(57)43-30(25-64)40(58)46-65(60,61)21-13-17-51-23-29(45-47-51)24-53-33(54)15-16-34(53)55/h15-16,23,26-28,30-32,36-38,45,47H,11-14,17-22,24-25,64H2,1-10H3,(H,43,57)(H,46,58)/t27-,28+,30-,31-,32+,36-,37-,38+/m0/s1. The third-order valence-corrected chi connectivity index (χ3v) is 14.5. The summed E-state index contributed by atoms with van der Waals surface area (Å²) < 4.78 is 39.9. The van der Waals surface area contributed by atoms with Crippen LogP contribution in [0.2, 0.25) is 0 Å². The summed E-state index contributed by atoms with van der Waals surface area (Å²) in [6.45, 7) is 12.0. The van der Waals surface area contributed by atoms with Crippen LogP contribution in [0.4, 0.5) is 0 Å². The number of carbonyl (C=O) groups excluding carboxylic acids is 6. The van der Waals surface area contributed by atoms with Crippen LogP contribution in [0.3, 0.4) is 0 Å². The van der Waals surface area contributed by atoms with Crippen molar-refractivity contribution in [2.45, 2.75) is 103 Å². The van der Waals surface area contributed by atoms with Crippen LogP contribution in [0.5, 0.6) is 0 Å². The first-order valence-electron chi connectivity index (χ1n) is 22.4. The Morgan fingerprint density at radius 3 is 2.22 bits per heavy atom. The van der Waals surface area contributed by atoms with E-state index in [1.807, 2.05) is 51.6 Å². The van der Waals surface area contributed by atoms with Gasteiger partial charge in [-0.1, -0.05) is 41.0 Å². The molecule has 4 rings (SSSR count). The quantitative estimate of drug-likeness (QED) is 0.0703. The number of imide groups is 1. The van der Waals surface area contributed by atoms with Gasteiger partial charge in [0, 0.05) is 79.9 Å². The first kappa shape index (κ1) is 53.2. The van der Waals surface area contributed by atoms with Crippen molar-refractivity contribution in [3.63, 3.8) is 0 Å². The third-order valence-electron chi connectivity index (χ3n) is 12.7. The monoisotopic (exact) mass is 953 g/mol. The van der Waals surface area contributed by atoms with Crippen LogP contribution in [0.15, 0.2) is 29.0 Å². The SMILES string of the molecule is CC[C@H](C)[C@@H]([C@@H](CC(=O)N1CCC[C@H]1[C@H](OC)[C@@H](C)C(=O)N[C@@H](CP)C(=O)NS(=O)(=O)CCCN1C=C(CN2C(=O)C=CC2=O)NN1)OC)N(C)C(=O)[C@@H](N=C1N(C)CCN1C)C(C)C. The molecule has 0 bridgehead atoms. The number of guanidine groups is 1. The summed E-state index contributed by atoms with van der Waals surface area (Å²) in [5, 5.41) is 4.23. The molecular formula is C42H72N11O10PS. The lowest BCUT2D eigenvalue weighted by Gasteiger charge is -2.40. The van der Waals surface area contributed by atoms with Gasteiger partial charge < -0.3 is 39.8 Å². The van der Waals surface area contributed by atoms with Crippen molar-refractivity contribution in [3.8, 4) is 0 Å². The summed E-state index contributed by atoms with van der Waals surface area (Å²) in [6.07, 6.45) is 4.64. The molecule has 0 aliphatic carbocycles. The molecule has 2 fully saturated rings. The van der Waals surface area contributed by atoms with E-state index in [4.69, 9.17) is 14.5 Å². The Kier molecular flexibility index (Phi) is 19.6. The Morgan fingerprint density at radius 2 is 1.65 bits per heavy atom. The van der Waals surface area contributed by atoms with E-state index in [0.717, 1.165) is 30.4 Å². The molecule has 21 nitrogen and oxygen atoms in total. The maximum atomic E-state index is 14.3. The molecule has 0 saturated carbocycles. The number of amides is 6. The summed E-state index contributed by atoms with van der Waals surface area (Å²) in [6, 6.07) is -2.77. The summed E-state index contributed by atoms with van der Waals surface area (Å²) in [5.74, 6) is -3.27. The molecule has 0 aromatic heterocycles. The van der Waals surface area contributed by atoms with Crippen molar-refractivity contribution >= 4 is 60.7 Å². The zero-order valence-electron chi connectivity index (χ0n) is 39.6. The van der Waals surface area contributed by atoms with Crippen LogP contribution in [-0.2, 0) is 48.3 Å². The Bertz CT molecular complexity index is 1910. The number of nitrogens with zero attached hydrogens (tertiary/aromatic N) is 7. The number of aliphatic imine (C=N–C) groups is 1. The Balaban J connectivity index is 1.35. The molecule has 2 saturated heterocycles. The maximum absolute atomic E-state index is 14.3. The van der Waals surface area contributed by atoms with Gasteiger partial charge in [0.15, 0.2) is 5.96 Å². The fourth-order valence-corrected chi connectivity index (χ4v) is 10.1. The Labute approximate surface area is 386 Å². The van der Waals surface area contributed by atoms with E-state index in [2.05, 4.69) is 30.2 Å². The van der Waals surface area contributed by atoms with Crippen molar-refractivity contribution in [1.29, 1.82) is 0 Å². The van der Waals surface area contributed by atoms with Crippen LogP contribution < -0.4 is 21.0 Å². The van der Waals surface area contributed by atoms with Gasteiger partial charge in [0.1, 0.15) is 12.1 Å². The Hall–Kier alpha value is -4.37. The summed E-state index contributed by atoms with van der Waals surface area (Å²) in [5.41, 5.74) is 6.18. The van der Waals surface area contributed by atoms with E-state index in [0.29, 0.717) is 25.1 Å². The van der Waals surface area contributed by atoms with Crippen molar-refractivity contribution in [3.05, 3.63) is 24.0 Å². The second kappa shape index (κ2) is 23.9. The van der Waals surface area contributed by atoms with E-state index >= 15 is 0 Å². The van der Waals surface area contributed by atoms with Crippen LogP contribution >= 0.6 is 9.24 Å². The minimum Gasteiger partial charge on any atom is -0.379 e. The molecule has 6 amide bonds. The molecule has 4 aliphatic heterocycles. The second-order valence-electron chi connectivity index (χ2n) is 17.7. The van der Waals surface area contributed by atoms with Crippen molar-refractivity contribution in [2.24, 2.45) is 22.7 Å². The zero-order chi connectivity index (χ0) is 48.3. The first-order chi connectivity index (χ1) is 30.7. The van der Waals surface area contributed by atoms with Gasteiger partial charge in [-0.25, -0.2) is 13.4 Å². The van der Waals surface area contributed by atoms with Gasteiger partial charge >= 0.3 is 0 Å². The third kappa shape index (κ3) is 13.6. The number of hydrazine groups is 2. The van der Waals surface area contributed by atoms with Crippen LogP contribution in [0.25, 0.3) is 0 Å². The average molecular weight is 954 g/mol. The molecule has 0 aromatic carbocycles. The van der Waals surface area contributed by atoms with Gasteiger partial charge in [-0.15, -0.1) is 14.8 Å². The number of sulfonamides is 1. The molecule has 4 aliphatic rings. The number of ether oxygens (including phenoxy) is 2. The van der Waals surface area contributed by atoms with E-state index in [-0.39, 0.29) is 55.7 Å². The van der Waals surface area contributed by atoms with Gasteiger partial charge in [0.2, 0.25) is 27.7 Å². The lowest BCUT2D eigenvalue weighted by atomic mass is 9.89. The topological polar surface area (TPSA) is 235 Å². The molecule has 0 spiro atoms. The average Bonchev–Trinajstić information content (AvgIpc) is 4.07. The minimum absolute atomic E-state index is 0.00888. The van der Waals surface area contributed by atoms with E-state index < -0.39 is 81.7 Å². The van der Waals surface area contributed by atoms with Crippen molar-refractivity contribution < 1.29 is 46.7 Å². The highest BCUT2D eigenvalue weighted by atomic mass is 32.2. The molecular weight excluding hydrogens is 882 g/mol. The molecule has 23 heteroatoms. The Morgan fingerprint density at radius 1 is 1.00 bits per heavy atom. The van der Waals surface area contributed by atoms with Gasteiger partial charge in [-0.3, -0.25) is 43.4 Å². The summed E-state index contributed by atoms with van der Waals surface area (Å²) in [4.78, 5) is 92.8. The number of nitrogens with one attached hydrogen (secondary N) is 4. The summed E-state index contributed by atoms with van der Waals surface area (Å²) >= 11 is 0. The van der Waals surface area contributed by atoms with Gasteiger partial charge in [0.05, 0.1) is 54.6 Å². The number of likely N-dealkylation sites (tertiary alicyclic amines) is 1. The first-order valence-corrected chi connectivity index (χ1v) is 24.8. The fourth-order valence-electron chi connectivity index (χ4n) is 8.71. The van der Waals surface area contributed by atoms with Crippen LogP contribution in [-0.4, -0.2) is 196 Å². The van der Waals surface area contributed by atoms with Gasteiger partial charge in [-0.2, -0.15) is 0 Å². The number of methoxy groups -OCH3 is 2. The molecule has 9 atom stereocenters. The highest BCUT2D eigenvalue weighted by molar-refractivity contribution is 7.90. The number of rotatable bonds is 24. The lowest BCUT2D eigenvalue weighted by molar-refractivity contribution is -0.146. The van der Waals surface area contributed by atoms with Crippen LogP contribution in [0, 0.1) is 17.8 Å². The number of hydrogen-bond acceptors (Lipinski definition) is 14. The van der Waals surface area contributed by atoms with Crippen molar-refractivity contribution in [2.75, 3.05) is 80.0 Å². The number of likely N-dealkylation sites (N-methyl/N-ethyl adjacent to an activating group) is 3. The van der Waals surface area contributed by atoms with Gasteiger partial charge in [-0.05, 0) is 37.3 Å². The molecule has 4 N–H and O–H groups in total. The summed E-state index contributed by atoms with van der Waals surface area (Å²) in [7, 11) is 6.94. The minimum atomic E-state index is -4.11. The lowest BCUT2D eigenvalue weighted by Crippen LogP contribution is -2.56. The predicted octanol–water partition coefficient (Wildman–Crippen LogP) is -0.548. The molecule has 366 valence electrons. The number of carbonyl (C=O) groups is 6. The van der Waals surface area contributed by atoms with E-state index in [9.17, 15) is 37.2 Å². The highest BCUT2D eigenvalue weighted by Gasteiger charge is 2.43. The smallest absolute Gasteiger partial charge is 0.256 e.